The first kappa shape index (κ1) is 12.4. The Morgan fingerprint density at radius 3 is 2.56 bits per heavy atom. The monoisotopic (exact) mass is 220 g/mol. The van der Waals surface area contributed by atoms with Crippen molar-refractivity contribution in [3.8, 4) is 0 Å². The molecule has 0 saturated heterocycles. The lowest BCUT2D eigenvalue weighted by atomic mass is 9.99. The quantitative estimate of drug-likeness (QED) is 0.577. The number of carbonyl (C=O) groups is 2. The van der Waals surface area contributed by atoms with Crippen molar-refractivity contribution in [2.75, 3.05) is 7.11 Å². The van der Waals surface area contributed by atoms with Gasteiger partial charge in [0.1, 0.15) is 0 Å². The van der Waals surface area contributed by atoms with Gasteiger partial charge >= 0.3 is 5.97 Å². The standard InChI is InChI=1S/C13H16O3/c1-4-12(14)10-6-5-9(2)11(7-10)8-13(15)16-3/h5-7H,4,8H2,1-3H3. The van der Waals surface area contributed by atoms with Crippen LogP contribution in [-0.2, 0) is 16.0 Å². The van der Waals surface area contributed by atoms with Crippen LogP contribution in [0.1, 0.15) is 34.8 Å². The van der Waals surface area contributed by atoms with Gasteiger partial charge in [0.15, 0.2) is 5.78 Å². The molecule has 0 fully saturated rings. The number of hydrogen-bond acceptors (Lipinski definition) is 3. The van der Waals surface area contributed by atoms with Gasteiger partial charge in [0.05, 0.1) is 13.5 Å². The molecule has 0 atom stereocenters. The van der Waals surface area contributed by atoms with Gasteiger partial charge in [-0.25, -0.2) is 0 Å². The van der Waals surface area contributed by atoms with E-state index in [1.807, 2.05) is 19.9 Å². The van der Waals surface area contributed by atoms with Gasteiger partial charge in [-0.2, -0.15) is 0 Å². The molecule has 1 aromatic rings. The molecule has 0 saturated carbocycles. The van der Waals surface area contributed by atoms with Crippen LogP contribution in [0.2, 0.25) is 0 Å². The molecule has 0 unspecified atom stereocenters. The highest BCUT2D eigenvalue weighted by molar-refractivity contribution is 5.96. The van der Waals surface area contributed by atoms with Crippen molar-refractivity contribution in [3.63, 3.8) is 0 Å². The minimum atomic E-state index is -0.288. The van der Waals surface area contributed by atoms with Gasteiger partial charge in [0.2, 0.25) is 0 Å². The molecule has 3 heteroatoms. The number of benzene rings is 1. The first-order valence-corrected chi connectivity index (χ1v) is 5.28. The Morgan fingerprint density at radius 2 is 2.00 bits per heavy atom. The average Bonchev–Trinajstić information content (AvgIpc) is 2.30. The Labute approximate surface area is 95.4 Å². The fourth-order valence-electron chi connectivity index (χ4n) is 1.47. The molecule has 16 heavy (non-hydrogen) atoms. The maximum Gasteiger partial charge on any atom is 0.309 e. The Kier molecular flexibility index (Phi) is 4.23. The van der Waals surface area contributed by atoms with E-state index in [1.54, 1.807) is 12.1 Å². The minimum absolute atomic E-state index is 0.0890. The summed E-state index contributed by atoms with van der Waals surface area (Å²) in [5.74, 6) is -0.199. The summed E-state index contributed by atoms with van der Waals surface area (Å²) in [6.07, 6.45) is 0.688. The summed E-state index contributed by atoms with van der Waals surface area (Å²) >= 11 is 0. The highest BCUT2D eigenvalue weighted by atomic mass is 16.5. The number of rotatable bonds is 4. The van der Waals surface area contributed by atoms with Crippen molar-refractivity contribution in [1.29, 1.82) is 0 Å². The lowest BCUT2D eigenvalue weighted by molar-refractivity contribution is -0.139. The molecule has 1 rings (SSSR count). The Balaban J connectivity index is 2.99. The number of aryl methyl sites for hydroxylation is 1. The van der Waals surface area contributed by atoms with E-state index in [1.165, 1.54) is 7.11 Å². The first-order valence-electron chi connectivity index (χ1n) is 5.28. The van der Waals surface area contributed by atoms with Crippen LogP contribution in [0.4, 0.5) is 0 Å². The molecule has 86 valence electrons. The molecule has 0 amide bonds. The van der Waals surface area contributed by atoms with E-state index in [-0.39, 0.29) is 18.2 Å². The van der Waals surface area contributed by atoms with Crippen molar-refractivity contribution < 1.29 is 14.3 Å². The van der Waals surface area contributed by atoms with Crippen LogP contribution in [0.5, 0.6) is 0 Å². The minimum Gasteiger partial charge on any atom is -0.469 e. The van der Waals surface area contributed by atoms with Gasteiger partial charge in [0, 0.05) is 12.0 Å². The Hall–Kier alpha value is -1.64. The largest absolute Gasteiger partial charge is 0.469 e. The molecular weight excluding hydrogens is 204 g/mol. The van der Waals surface area contributed by atoms with Gasteiger partial charge in [-0.1, -0.05) is 19.1 Å². The van der Waals surface area contributed by atoms with Crippen LogP contribution < -0.4 is 0 Å². The highest BCUT2D eigenvalue weighted by Gasteiger charge is 2.09. The van der Waals surface area contributed by atoms with E-state index >= 15 is 0 Å². The molecule has 0 heterocycles. The zero-order chi connectivity index (χ0) is 12.1. The number of ether oxygens (including phenoxy) is 1. The molecule has 0 aromatic heterocycles. The van der Waals surface area contributed by atoms with Gasteiger partial charge in [0.25, 0.3) is 0 Å². The third-order valence-corrected chi connectivity index (χ3v) is 2.55. The molecule has 0 spiro atoms. The van der Waals surface area contributed by atoms with Crippen molar-refractivity contribution in [2.45, 2.75) is 26.7 Å². The van der Waals surface area contributed by atoms with Crippen LogP contribution >= 0.6 is 0 Å². The van der Waals surface area contributed by atoms with Gasteiger partial charge < -0.3 is 4.74 Å². The summed E-state index contributed by atoms with van der Waals surface area (Å²) < 4.78 is 4.61. The SMILES string of the molecule is CCC(=O)c1ccc(C)c(CC(=O)OC)c1. The zero-order valence-electron chi connectivity index (χ0n) is 9.87. The van der Waals surface area contributed by atoms with Crippen LogP contribution in [0.25, 0.3) is 0 Å². The third kappa shape index (κ3) is 2.92. The van der Waals surface area contributed by atoms with E-state index in [0.29, 0.717) is 12.0 Å². The van der Waals surface area contributed by atoms with E-state index < -0.39 is 0 Å². The Bertz CT molecular complexity index is 408. The molecule has 0 aliphatic rings. The van der Waals surface area contributed by atoms with Crippen molar-refractivity contribution >= 4 is 11.8 Å². The molecule has 3 nitrogen and oxygen atoms in total. The molecule has 0 N–H and O–H groups in total. The van der Waals surface area contributed by atoms with Crippen LogP contribution in [0.15, 0.2) is 18.2 Å². The van der Waals surface area contributed by atoms with E-state index in [0.717, 1.165) is 11.1 Å². The summed E-state index contributed by atoms with van der Waals surface area (Å²) in [7, 11) is 1.36. The third-order valence-electron chi connectivity index (χ3n) is 2.55. The molecular formula is C13H16O3. The summed E-state index contributed by atoms with van der Waals surface area (Å²) in [5, 5.41) is 0. The van der Waals surface area contributed by atoms with Gasteiger partial charge in [-0.05, 0) is 24.1 Å². The highest BCUT2D eigenvalue weighted by Crippen LogP contribution is 2.14. The van der Waals surface area contributed by atoms with Crippen LogP contribution in [-0.4, -0.2) is 18.9 Å². The lowest BCUT2D eigenvalue weighted by Crippen LogP contribution is -2.07. The number of esters is 1. The molecule has 0 aliphatic heterocycles. The predicted octanol–water partition coefficient (Wildman–Crippen LogP) is 2.30. The second-order valence-electron chi connectivity index (χ2n) is 3.67. The van der Waals surface area contributed by atoms with Crippen LogP contribution in [0.3, 0.4) is 0 Å². The van der Waals surface area contributed by atoms with Crippen LogP contribution in [0, 0.1) is 6.92 Å². The smallest absolute Gasteiger partial charge is 0.309 e. The van der Waals surface area contributed by atoms with E-state index in [2.05, 4.69) is 4.74 Å². The number of methoxy groups -OCH3 is 1. The number of hydrogen-bond donors (Lipinski definition) is 0. The summed E-state index contributed by atoms with van der Waals surface area (Å²) in [6, 6.07) is 5.43. The molecule has 0 radical (unpaired) electrons. The first-order chi connectivity index (χ1) is 7.58. The number of Topliss-reactive ketones (excluding diaryl/α,β-unsaturated/α-hetero) is 1. The fraction of sp³-hybridized carbons (Fsp3) is 0.385. The van der Waals surface area contributed by atoms with Gasteiger partial charge in [-0.15, -0.1) is 0 Å². The maximum absolute atomic E-state index is 11.5. The average molecular weight is 220 g/mol. The van der Waals surface area contributed by atoms with E-state index in [4.69, 9.17) is 0 Å². The lowest BCUT2D eigenvalue weighted by Gasteiger charge is -2.06. The molecule has 1 aromatic carbocycles. The number of ketones is 1. The second-order valence-corrected chi connectivity index (χ2v) is 3.67. The second kappa shape index (κ2) is 5.45. The normalized spacial score (nSPS) is 9.94. The summed E-state index contributed by atoms with van der Waals surface area (Å²) in [6.45, 7) is 3.74. The van der Waals surface area contributed by atoms with Crippen molar-refractivity contribution in [3.05, 3.63) is 34.9 Å². The topological polar surface area (TPSA) is 43.4 Å². The fourth-order valence-corrected chi connectivity index (χ4v) is 1.47. The van der Waals surface area contributed by atoms with Gasteiger partial charge in [-0.3, -0.25) is 9.59 Å². The summed E-state index contributed by atoms with van der Waals surface area (Å²) in [5.41, 5.74) is 2.51. The summed E-state index contributed by atoms with van der Waals surface area (Å²) in [4.78, 5) is 22.7. The maximum atomic E-state index is 11.5. The zero-order valence-corrected chi connectivity index (χ0v) is 9.87. The van der Waals surface area contributed by atoms with Crippen molar-refractivity contribution in [1.82, 2.24) is 0 Å². The number of carbonyl (C=O) groups excluding carboxylic acids is 2. The molecule has 0 bridgehead atoms. The van der Waals surface area contributed by atoms with Crippen molar-refractivity contribution in [2.24, 2.45) is 0 Å². The van der Waals surface area contributed by atoms with E-state index in [9.17, 15) is 9.59 Å². The predicted molar refractivity (Wildman–Crippen MR) is 61.5 cm³/mol. The Morgan fingerprint density at radius 1 is 1.31 bits per heavy atom. The molecule has 0 aliphatic carbocycles.